The lowest BCUT2D eigenvalue weighted by Gasteiger charge is -2.39. The third-order valence-corrected chi connectivity index (χ3v) is 4.88. The Morgan fingerprint density at radius 2 is 2.11 bits per heavy atom. The second-order valence-corrected chi connectivity index (χ2v) is 6.05. The van der Waals surface area contributed by atoms with Gasteiger partial charge < -0.3 is 4.90 Å². The van der Waals surface area contributed by atoms with Gasteiger partial charge in [-0.2, -0.15) is 0 Å². The molecule has 0 bridgehead atoms. The summed E-state index contributed by atoms with van der Waals surface area (Å²) < 4.78 is 0. The number of halogens is 2. The van der Waals surface area contributed by atoms with Crippen LogP contribution in [0, 0.1) is 5.92 Å². The molecule has 1 aliphatic carbocycles. The van der Waals surface area contributed by atoms with Crippen LogP contribution < -0.4 is 4.90 Å². The fourth-order valence-corrected chi connectivity index (χ4v) is 3.92. The van der Waals surface area contributed by atoms with Gasteiger partial charge in [-0.3, -0.25) is 0 Å². The molecule has 2 aliphatic rings. The maximum absolute atomic E-state index is 6.37. The first kappa shape index (κ1) is 12.6. The molecule has 1 aromatic rings. The van der Waals surface area contributed by atoms with E-state index in [0.29, 0.717) is 11.9 Å². The standard InChI is InChI=1S/C14H18Cl2N2/c15-8-10-7-12(16)14(17-9-10)18-6-2-4-11-3-1-5-13(11)18/h7,9,11,13H,1-6,8H2. The van der Waals surface area contributed by atoms with E-state index in [1.807, 2.05) is 12.3 Å². The molecule has 4 heteroatoms. The van der Waals surface area contributed by atoms with Crippen LogP contribution in [0.25, 0.3) is 0 Å². The average molecular weight is 285 g/mol. The second-order valence-electron chi connectivity index (χ2n) is 5.38. The average Bonchev–Trinajstić information content (AvgIpc) is 2.87. The van der Waals surface area contributed by atoms with Crippen LogP contribution in [0.4, 0.5) is 5.82 Å². The molecule has 98 valence electrons. The normalized spacial score (nSPS) is 27.3. The van der Waals surface area contributed by atoms with E-state index in [4.69, 9.17) is 23.2 Å². The molecule has 18 heavy (non-hydrogen) atoms. The Kier molecular flexibility index (Phi) is 3.67. The SMILES string of the molecule is ClCc1cnc(N2CCCC3CCCC32)c(Cl)c1. The summed E-state index contributed by atoms with van der Waals surface area (Å²) in [5, 5.41) is 0.751. The molecule has 1 saturated heterocycles. The van der Waals surface area contributed by atoms with E-state index in [2.05, 4.69) is 9.88 Å². The molecule has 0 radical (unpaired) electrons. The van der Waals surface area contributed by atoms with Gasteiger partial charge in [-0.05, 0) is 43.2 Å². The Labute approximate surface area is 118 Å². The Balaban J connectivity index is 1.89. The summed E-state index contributed by atoms with van der Waals surface area (Å²) in [5.41, 5.74) is 0.991. The van der Waals surface area contributed by atoms with E-state index in [1.54, 1.807) is 0 Å². The van der Waals surface area contributed by atoms with Crippen molar-refractivity contribution in [2.45, 2.75) is 44.0 Å². The lowest BCUT2D eigenvalue weighted by molar-refractivity contribution is 0.360. The molecule has 2 heterocycles. The Morgan fingerprint density at radius 1 is 1.28 bits per heavy atom. The van der Waals surface area contributed by atoms with Crippen molar-refractivity contribution in [1.82, 2.24) is 4.98 Å². The van der Waals surface area contributed by atoms with E-state index in [1.165, 1.54) is 32.1 Å². The maximum atomic E-state index is 6.37. The topological polar surface area (TPSA) is 16.1 Å². The van der Waals surface area contributed by atoms with Gasteiger partial charge in [0.2, 0.25) is 0 Å². The number of aromatic nitrogens is 1. The summed E-state index contributed by atoms with van der Waals surface area (Å²) in [6, 6.07) is 2.61. The minimum absolute atomic E-state index is 0.471. The first-order chi connectivity index (χ1) is 8.79. The molecule has 0 aromatic carbocycles. The number of anilines is 1. The number of hydrogen-bond acceptors (Lipinski definition) is 2. The van der Waals surface area contributed by atoms with Crippen LogP contribution >= 0.6 is 23.2 Å². The van der Waals surface area contributed by atoms with Crippen molar-refractivity contribution in [2.75, 3.05) is 11.4 Å². The molecule has 0 amide bonds. The molecule has 2 fully saturated rings. The highest BCUT2D eigenvalue weighted by atomic mass is 35.5. The summed E-state index contributed by atoms with van der Waals surface area (Å²) in [4.78, 5) is 6.97. The monoisotopic (exact) mass is 284 g/mol. The zero-order chi connectivity index (χ0) is 12.5. The quantitative estimate of drug-likeness (QED) is 0.755. The zero-order valence-corrected chi connectivity index (χ0v) is 11.9. The zero-order valence-electron chi connectivity index (χ0n) is 10.4. The molecule has 2 nitrogen and oxygen atoms in total. The van der Waals surface area contributed by atoms with Crippen LogP contribution in [-0.4, -0.2) is 17.6 Å². The smallest absolute Gasteiger partial charge is 0.147 e. The lowest BCUT2D eigenvalue weighted by atomic mass is 9.92. The molecular formula is C14H18Cl2N2. The van der Waals surface area contributed by atoms with Crippen molar-refractivity contribution in [3.8, 4) is 0 Å². The van der Waals surface area contributed by atoms with Crippen LogP contribution in [0.2, 0.25) is 5.02 Å². The van der Waals surface area contributed by atoms with Crippen molar-refractivity contribution in [2.24, 2.45) is 5.92 Å². The van der Waals surface area contributed by atoms with Gasteiger partial charge in [0.1, 0.15) is 5.82 Å². The van der Waals surface area contributed by atoms with Gasteiger partial charge in [-0.15, -0.1) is 11.6 Å². The molecule has 0 spiro atoms. The number of alkyl halides is 1. The predicted molar refractivity (Wildman–Crippen MR) is 76.5 cm³/mol. The van der Waals surface area contributed by atoms with Crippen LogP contribution in [0.15, 0.2) is 12.3 Å². The van der Waals surface area contributed by atoms with Crippen molar-refractivity contribution in [1.29, 1.82) is 0 Å². The molecule has 2 atom stereocenters. The van der Waals surface area contributed by atoms with Gasteiger partial charge in [0, 0.05) is 24.7 Å². The van der Waals surface area contributed by atoms with E-state index in [0.717, 1.165) is 28.9 Å². The van der Waals surface area contributed by atoms with E-state index < -0.39 is 0 Å². The lowest BCUT2D eigenvalue weighted by Crippen LogP contribution is -2.43. The van der Waals surface area contributed by atoms with Gasteiger partial charge in [-0.1, -0.05) is 18.0 Å². The van der Waals surface area contributed by atoms with Crippen LogP contribution in [-0.2, 0) is 5.88 Å². The highest BCUT2D eigenvalue weighted by Gasteiger charge is 2.36. The predicted octanol–water partition coefficient (Wildman–Crippen LogP) is 4.24. The van der Waals surface area contributed by atoms with Gasteiger partial charge in [0.15, 0.2) is 0 Å². The third kappa shape index (κ3) is 2.21. The Morgan fingerprint density at radius 3 is 2.89 bits per heavy atom. The van der Waals surface area contributed by atoms with Gasteiger partial charge in [0.05, 0.1) is 5.02 Å². The van der Waals surface area contributed by atoms with E-state index >= 15 is 0 Å². The Bertz CT molecular complexity index is 436. The number of rotatable bonds is 2. The highest BCUT2D eigenvalue weighted by molar-refractivity contribution is 6.33. The third-order valence-electron chi connectivity index (χ3n) is 4.30. The molecular weight excluding hydrogens is 267 g/mol. The van der Waals surface area contributed by atoms with Gasteiger partial charge in [-0.25, -0.2) is 4.98 Å². The summed E-state index contributed by atoms with van der Waals surface area (Å²) >= 11 is 12.2. The van der Waals surface area contributed by atoms with Crippen molar-refractivity contribution in [3.05, 3.63) is 22.8 Å². The fraction of sp³-hybridized carbons (Fsp3) is 0.643. The largest absolute Gasteiger partial charge is 0.352 e. The first-order valence-corrected chi connectivity index (χ1v) is 7.68. The molecule has 3 rings (SSSR count). The Hall–Kier alpha value is -0.470. The van der Waals surface area contributed by atoms with Crippen LogP contribution in [0.5, 0.6) is 0 Å². The minimum Gasteiger partial charge on any atom is -0.352 e. The molecule has 2 unspecified atom stereocenters. The van der Waals surface area contributed by atoms with Crippen molar-refractivity contribution < 1.29 is 0 Å². The second kappa shape index (κ2) is 5.26. The van der Waals surface area contributed by atoms with Crippen molar-refractivity contribution >= 4 is 29.0 Å². The van der Waals surface area contributed by atoms with Gasteiger partial charge >= 0.3 is 0 Å². The molecule has 1 aliphatic heterocycles. The number of nitrogens with zero attached hydrogens (tertiary/aromatic N) is 2. The summed E-state index contributed by atoms with van der Waals surface area (Å²) in [6.45, 7) is 1.09. The number of piperidine rings is 1. The first-order valence-electron chi connectivity index (χ1n) is 6.76. The van der Waals surface area contributed by atoms with Crippen molar-refractivity contribution in [3.63, 3.8) is 0 Å². The number of hydrogen-bond donors (Lipinski definition) is 0. The maximum Gasteiger partial charge on any atom is 0.147 e. The summed E-state index contributed by atoms with van der Waals surface area (Å²) in [7, 11) is 0. The van der Waals surface area contributed by atoms with E-state index in [-0.39, 0.29) is 0 Å². The molecule has 1 aromatic heterocycles. The fourth-order valence-electron chi connectivity index (χ4n) is 3.47. The molecule has 0 N–H and O–H groups in total. The van der Waals surface area contributed by atoms with Crippen LogP contribution in [0.1, 0.15) is 37.7 Å². The summed E-state index contributed by atoms with van der Waals surface area (Å²) in [6.07, 6.45) is 8.50. The highest BCUT2D eigenvalue weighted by Crippen LogP contribution is 2.40. The van der Waals surface area contributed by atoms with Gasteiger partial charge in [0.25, 0.3) is 0 Å². The minimum atomic E-state index is 0.471. The summed E-state index contributed by atoms with van der Waals surface area (Å²) in [5.74, 6) is 2.28. The molecule has 1 saturated carbocycles. The number of pyridine rings is 1. The van der Waals surface area contributed by atoms with E-state index in [9.17, 15) is 0 Å². The number of fused-ring (bicyclic) bond motifs is 1. The van der Waals surface area contributed by atoms with Crippen LogP contribution in [0.3, 0.4) is 0 Å².